The van der Waals surface area contributed by atoms with Crippen LogP contribution < -0.4 is 10.1 Å². The fourth-order valence-electron chi connectivity index (χ4n) is 1.40. The molecule has 0 aliphatic rings. The highest BCUT2D eigenvalue weighted by Crippen LogP contribution is 2.29. The Morgan fingerprint density at radius 2 is 2.05 bits per heavy atom. The van der Waals surface area contributed by atoms with Crippen LogP contribution in [0.15, 0.2) is 22.7 Å². The van der Waals surface area contributed by atoms with Crippen LogP contribution in [0.5, 0.6) is 5.75 Å². The van der Waals surface area contributed by atoms with E-state index in [2.05, 4.69) is 21.2 Å². The Kier molecular flexibility index (Phi) is 6.39. The maximum Gasteiger partial charge on any atom is 0.407 e. The largest absolute Gasteiger partial charge is 0.491 e. The van der Waals surface area contributed by atoms with Gasteiger partial charge in [0, 0.05) is 5.56 Å². The zero-order valence-corrected chi connectivity index (χ0v) is 13.7. The molecule has 0 aliphatic heterocycles. The predicted molar refractivity (Wildman–Crippen MR) is 78.8 cm³/mol. The molecule has 1 rings (SSSR count). The van der Waals surface area contributed by atoms with Gasteiger partial charge >= 0.3 is 6.09 Å². The van der Waals surface area contributed by atoms with Gasteiger partial charge in [-0.05, 0) is 54.9 Å². The molecule has 0 atom stereocenters. The number of halogens is 3. The molecule has 1 aromatic rings. The Bertz CT molecular complexity index is 490. The molecule has 0 spiro atoms. The molecule has 7 heteroatoms. The number of benzene rings is 1. The summed E-state index contributed by atoms with van der Waals surface area (Å²) in [5, 5.41) is 2.54. The first-order valence-corrected chi connectivity index (χ1v) is 7.15. The average molecular weight is 366 g/mol. The lowest BCUT2D eigenvalue weighted by Gasteiger charge is -2.19. The van der Waals surface area contributed by atoms with E-state index in [4.69, 9.17) is 9.47 Å². The van der Waals surface area contributed by atoms with E-state index in [1.165, 1.54) is 18.2 Å². The summed E-state index contributed by atoms with van der Waals surface area (Å²) in [4.78, 5) is 11.4. The highest BCUT2D eigenvalue weighted by Gasteiger charge is 2.15. The molecule has 1 aromatic carbocycles. The molecule has 1 N–H and O–H groups in total. The lowest BCUT2D eigenvalue weighted by atomic mass is 10.2. The van der Waals surface area contributed by atoms with Gasteiger partial charge in [-0.1, -0.05) is 0 Å². The van der Waals surface area contributed by atoms with Crippen LogP contribution in [0.3, 0.4) is 0 Å². The summed E-state index contributed by atoms with van der Waals surface area (Å²) in [5.41, 5.74) is -0.639. The second-order valence-electron chi connectivity index (χ2n) is 5.27. The van der Waals surface area contributed by atoms with Crippen LogP contribution in [0.1, 0.15) is 32.8 Å². The Balaban J connectivity index is 2.38. The second-order valence-corrected chi connectivity index (χ2v) is 6.12. The summed E-state index contributed by atoms with van der Waals surface area (Å²) in [5.74, 6) is 0.436. The predicted octanol–water partition coefficient (Wildman–Crippen LogP) is 4.29. The number of carbonyl (C=O) groups is 1. The molecule has 0 saturated heterocycles. The quantitative estimate of drug-likeness (QED) is 0.791. The minimum atomic E-state index is -2.52. The number of nitrogens with one attached hydrogen (secondary N) is 1. The number of alkyl carbamates (subject to hydrolysis) is 1. The fraction of sp³-hybridized carbons (Fsp3) is 0.500. The first-order chi connectivity index (χ1) is 9.69. The maximum absolute atomic E-state index is 12.5. The molecule has 0 saturated carbocycles. The summed E-state index contributed by atoms with van der Waals surface area (Å²) < 4.78 is 35.9. The maximum atomic E-state index is 12.5. The van der Waals surface area contributed by atoms with Crippen LogP contribution in [0.25, 0.3) is 0 Å². The molecule has 21 heavy (non-hydrogen) atoms. The molecule has 0 aromatic heterocycles. The van der Waals surface area contributed by atoms with Crippen molar-refractivity contribution in [3.63, 3.8) is 0 Å². The van der Waals surface area contributed by atoms with Crippen molar-refractivity contribution in [1.82, 2.24) is 5.32 Å². The van der Waals surface area contributed by atoms with Gasteiger partial charge in [0.15, 0.2) is 0 Å². The van der Waals surface area contributed by atoms with E-state index in [0.29, 0.717) is 10.2 Å². The van der Waals surface area contributed by atoms with E-state index >= 15 is 0 Å². The average Bonchev–Trinajstić information content (AvgIpc) is 2.33. The smallest absolute Gasteiger partial charge is 0.407 e. The Morgan fingerprint density at radius 1 is 1.38 bits per heavy atom. The monoisotopic (exact) mass is 365 g/mol. The molecule has 0 radical (unpaired) electrons. The van der Waals surface area contributed by atoms with Crippen LogP contribution in [0, 0.1) is 0 Å². The van der Waals surface area contributed by atoms with Crippen LogP contribution in [-0.2, 0) is 4.74 Å². The molecule has 0 aliphatic carbocycles. The third-order valence-electron chi connectivity index (χ3n) is 2.24. The lowest BCUT2D eigenvalue weighted by Crippen LogP contribution is -2.34. The highest BCUT2D eigenvalue weighted by atomic mass is 79.9. The summed E-state index contributed by atoms with van der Waals surface area (Å²) in [7, 11) is 0. The van der Waals surface area contributed by atoms with Crippen molar-refractivity contribution in [2.75, 3.05) is 13.2 Å². The Morgan fingerprint density at radius 3 is 2.57 bits per heavy atom. The lowest BCUT2D eigenvalue weighted by molar-refractivity contribution is 0.0520. The van der Waals surface area contributed by atoms with Gasteiger partial charge in [-0.3, -0.25) is 0 Å². The van der Waals surface area contributed by atoms with Gasteiger partial charge in [0.2, 0.25) is 0 Å². The van der Waals surface area contributed by atoms with Crippen LogP contribution in [-0.4, -0.2) is 24.8 Å². The van der Waals surface area contributed by atoms with Gasteiger partial charge in [-0.2, -0.15) is 0 Å². The summed E-state index contributed by atoms with van der Waals surface area (Å²) in [6, 6.07) is 4.06. The summed E-state index contributed by atoms with van der Waals surface area (Å²) in [6.07, 6.45) is -3.05. The normalized spacial score (nSPS) is 11.4. The third kappa shape index (κ3) is 6.75. The van der Waals surface area contributed by atoms with E-state index in [1.54, 1.807) is 20.8 Å². The first kappa shape index (κ1) is 17.7. The number of hydrogen-bond acceptors (Lipinski definition) is 3. The van der Waals surface area contributed by atoms with Gasteiger partial charge in [0.05, 0.1) is 11.0 Å². The van der Waals surface area contributed by atoms with Gasteiger partial charge in [-0.25, -0.2) is 13.6 Å². The van der Waals surface area contributed by atoms with Crippen molar-refractivity contribution in [3.8, 4) is 5.75 Å². The van der Waals surface area contributed by atoms with E-state index in [-0.39, 0.29) is 18.7 Å². The number of rotatable bonds is 5. The molecule has 0 unspecified atom stereocenters. The molecule has 4 nitrogen and oxygen atoms in total. The summed E-state index contributed by atoms with van der Waals surface area (Å²) >= 11 is 3.17. The zero-order valence-electron chi connectivity index (χ0n) is 12.1. The Labute approximate surface area is 130 Å². The standard InChI is InChI=1S/C14H18BrF2NO3/c1-14(2,3)21-13(19)18-6-7-20-11-5-4-9(12(16)17)8-10(11)15/h4-5,8,12H,6-7H2,1-3H3,(H,18,19). The molecule has 0 bridgehead atoms. The number of amides is 1. The van der Waals surface area contributed by atoms with E-state index in [9.17, 15) is 13.6 Å². The number of carbonyl (C=O) groups excluding carboxylic acids is 1. The van der Waals surface area contributed by atoms with Crippen molar-refractivity contribution in [2.45, 2.75) is 32.8 Å². The van der Waals surface area contributed by atoms with Crippen LogP contribution in [0.2, 0.25) is 0 Å². The third-order valence-corrected chi connectivity index (χ3v) is 2.86. The van der Waals surface area contributed by atoms with E-state index in [1.807, 2.05) is 0 Å². The zero-order chi connectivity index (χ0) is 16.0. The molecular weight excluding hydrogens is 348 g/mol. The second kappa shape index (κ2) is 7.59. The summed E-state index contributed by atoms with van der Waals surface area (Å²) in [6.45, 7) is 5.75. The van der Waals surface area contributed by atoms with Crippen molar-refractivity contribution >= 4 is 22.0 Å². The minimum absolute atomic E-state index is 0.0823. The van der Waals surface area contributed by atoms with Crippen molar-refractivity contribution in [3.05, 3.63) is 28.2 Å². The highest BCUT2D eigenvalue weighted by molar-refractivity contribution is 9.10. The van der Waals surface area contributed by atoms with Crippen LogP contribution >= 0.6 is 15.9 Å². The molecule has 118 valence electrons. The van der Waals surface area contributed by atoms with Gasteiger partial charge in [0.25, 0.3) is 6.43 Å². The molecule has 0 heterocycles. The van der Waals surface area contributed by atoms with Gasteiger partial charge in [-0.15, -0.1) is 0 Å². The fourth-order valence-corrected chi connectivity index (χ4v) is 1.91. The van der Waals surface area contributed by atoms with Gasteiger partial charge in [0.1, 0.15) is 18.0 Å². The van der Waals surface area contributed by atoms with Gasteiger partial charge < -0.3 is 14.8 Å². The van der Waals surface area contributed by atoms with E-state index in [0.717, 1.165) is 0 Å². The SMILES string of the molecule is CC(C)(C)OC(=O)NCCOc1ccc(C(F)F)cc1Br. The van der Waals surface area contributed by atoms with Crippen molar-refractivity contribution in [2.24, 2.45) is 0 Å². The molecule has 1 amide bonds. The Hall–Kier alpha value is -1.37. The van der Waals surface area contributed by atoms with Crippen molar-refractivity contribution < 1.29 is 23.0 Å². The van der Waals surface area contributed by atoms with Crippen LogP contribution in [0.4, 0.5) is 13.6 Å². The molecular formula is C14H18BrF2NO3. The minimum Gasteiger partial charge on any atom is -0.491 e. The first-order valence-electron chi connectivity index (χ1n) is 6.36. The number of hydrogen-bond donors (Lipinski definition) is 1. The van der Waals surface area contributed by atoms with Crippen molar-refractivity contribution in [1.29, 1.82) is 0 Å². The number of alkyl halides is 2. The number of ether oxygens (including phenoxy) is 2. The van der Waals surface area contributed by atoms with E-state index < -0.39 is 18.1 Å². The molecule has 0 fully saturated rings. The topological polar surface area (TPSA) is 47.6 Å².